The van der Waals surface area contributed by atoms with Gasteiger partial charge < -0.3 is 9.47 Å². The number of hydrogen-bond acceptors (Lipinski definition) is 3. The van der Waals surface area contributed by atoms with Crippen LogP contribution in [0.4, 0.5) is 0 Å². The average molecular weight is 294 g/mol. The second kappa shape index (κ2) is 5.93. The molecule has 2 aromatic carbocycles. The van der Waals surface area contributed by atoms with Crippen LogP contribution >= 0.6 is 0 Å². The molecule has 0 aliphatic heterocycles. The lowest BCUT2D eigenvalue weighted by atomic mass is 10.1. The van der Waals surface area contributed by atoms with E-state index in [1.54, 1.807) is 14.2 Å². The summed E-state index contributed by atoms with van der Waals surface area (Å²) >= 11 is 0. The van der Waals surface area contributed by atoms with Crippen molar-refractivity contribution in [1.82, 2.24) is 9.78 Å². The summed E-state index contributed by atoms with van der Waals surface area (Å²) in [6, 6.07) is 18.1. The molecule has 0 spiro atoms. The molecular weight excluding hydrogens is 276 g/mol. The largest absolute Gasteiger partial charge is 0.497 e. The molecule has 0 fully saturated rings. The third-order valence-corrected chi connectivity index (χ3v) is 3.56. The van der Waals surface area contributed by atoms with Crippen molar-refractivity contribution >= 4 is 0 Å². The van der Waals surface area contributed by atoms with Crippen LogP contribution in [0.3, 0.4) is 0 Å². The zero-order valence-electron chi connectivity index (χ0n) is 12.9. The fourth-order valence-electron chi connectivity index (χ4n) is 2.31. The standard InChI is InChI=1S/C18H18N2O2/c1-13-4-6-14(7-5-13)17-12-18(22-3)19-20(17)15-8-10-16(21-2)11-9-15/h4-12H,1-3H3. The Hall–Kier alpha value is -2.75. The normalized spacial score (nSPS) is 10.5. The Labute approximate surface area is 129 Å². The molecule has 3 aromatic rings. The lowest BCUT2D eigenvalue weighted by Crippen LogP contribution is -1.99. The first kappa shape index (κ1) is 14.2. The smallest absolute Gasteiger partial charge is 0.233 e. The van der Waals surface area contributed by atoms with Crippen LogP contribution in [-0.4, -0.2) is 24.0 Å². The van der Waals surface area contributed by atoms with E-state index in [0.717, 1.165) is 22.7 Å². The van der Waals surface area contributed by atoms with Gasteiger partial charge in [0.25, 0.3) is 0 Å². The van der Waals surface area contributed by atoms with Gasteiger partial charge in [-0.15, -0.1) is 5.10 Å². The fourth-order valence-corrected chi connectivity index (χ4v) is 2.31. The third kappa shape index (κ3) is 2.68. The summed E-state index contributed by atoms with van der Waals surface area (Å²) in [6.45, 7) is 2.07. The number of ether oxygens (including phenoxy) is 2. The number of aryl methyl sites for hydroxylation is 1. The van der Waals surface area contributed by atoms with Crippen LogP contribution in [0, 0.1) is 6.92 Å². The van der Waals surface area contributed by atoms with Crippen LogP contribution in [0.5, 0.6) is 11.6 Å². The van der Waals surface area contributed by atoms with Crippen LogP contribution in [0.2, 0.25) is 0 Å². The Kier molecular flexibility index (Phi) is 3.83. The number of benzene rings is 2. The highest BCUT2D eigenvalue weighted by Crippen LogP contribution is 2.27. The fraction of sp³-hybridized carbons (Fsp3) is 0.167. The summed E-state index contributed by atoms with van der Waals surface area (Å²) in [4.78, 5) is 0. The molecule has 4 heteroatoms. The number of aromatic nitrogens is 2. The molecule has 0 unspecified atom stereocenters. The molecule has 0 aliphatic carbocycles. The molecule has 4 nitrogen and oxygen atoms in total. The Morgan fingerprint density at radius 1 is 0.864 bits per heavy atom. The van der Waals surface area contributed by atoms with Crippen LogP contribution in [-0.2, 0) is 0 Å². The summed E-state index contributed by atoms with van der Waals surface area (Å²) in [5.74, 6) is 1.41. The first-order valence-corrected chi connectivity index (χ1v) is 7.07. The maximum absolute atomic E-state index is 5.29. The van der Waals surface area contributed by atoms with Crippen molar-refractivity contribution in [2.45, 2.75) is 6.92 Å². The second-order valence-electron chi connectivity index (χ2n) is 5.05. The molecule has 0 saturated heterocycles. The predicted octanol–water partition coefficient (Wildman–Crippen LogP) is 3.86. The van der Waals surface area contributed by atoms with E-state index in [4.69, 9.17) is 9.47 Å². The monoisotopic (exact) mass is 294 g/mol. The quantitative estimate of drug-likeness (QED) is 0.733. The summed E-state index contributed by atoms with van der Waals surface area (Å²) in [7, 11) is 3.28. The molecule has 0 radical (unpaired) electrons. The van der Waals surface area contributed by atoms with E-state index in [-0.39, 0.29) is 0 Å². The van der Waals surface area contributed by atoms with Gasteiger partial charge in [0.2, 0.25) is 5.88 Å². The molecule has 0 atom stereocenters. The van der Waals surface area contributed by atoms with Crippen molar-refractivity contribution in [3.8, 4) is 28.6 Å². The van der Waals surface area contributed by atoms with Crippen molar-refractivity contribution in [3.63, 3.8) is 0 Å². The first-order valence-electron chi connectivity index (χ1n) is 7.07. The van der Waals surface area contributed by atoms with E-state index in [0.29, 0.717) is 5.88 Å². The molecule has 0 bridgehead atoms. The Morgan fingerprint density at radius 3 is 2.14 bits per heavy atom. The van der Waals surface area contributed by atoms with Crippen molar-refractivity contribution in [1.29, 1.82) is 0 Å². The van der Waals surface area contributed by atoms with Crippen molar-refractivity contribution in [2.75, 3.05) is 14.2 Å². The summed E-state index contributed by atoms with van der Waals surface area (Å²) < 4.78 is 12.4. The van der Waals surface area contributed by atoms with Crippen molar-refractivity contribution in [3.05, 3.63) is 60.2 Å². The van der Waals surface area contributed by atoms with Gasteiger partial charge in [-0.05, 0) is 31.2 Å². The van der Waals surface area contributed by atoms with Crippen molar-refractivity contribution < 1.29 is 9.47 Å². The molecule has 0 saturated carbocycles. The predicted molar refractivity (Wildman–Crippen MR) is 86.8 cm³/mol. The number of methoxy groups -OCH3 is 2. The molecule has 1 heterocycles. The van der Waals surface area contributed by atoms with E-state index in [1.807, 2.05) is 35.0 Å². The number of rotatable bonds is 4. The van der Waals surface area contributed by atoms with Crippen LogP contribution < -0.4 is 9.47 Å². The summed E-state index contributed by atoms with van der Waals surface area (Å²) in [6.07, 6.45) is 0. The topological polar surface area (TPSA) is 36.3 Å². The van der Waals surface area contributed by atoms with E-state index in [1.165, 1.54) is 5.56 Å². The van der Waals surface area contributed by atoms with Gasteiger partial charge in [-0.25, -0.2) is 4.68 Å². The molecule has 0 N–H and O–H groups in total. The Balaban J connectivity index is 2.09. The zero-order chi connectivity index (χ0) is 15.5. The number of nitrogens with zero attached hydrogens (tertiary/aromatic N) is 2. The maximum Gasteiger partial charge on any atom is 0.233 e. The maximum atomic E-state index is 5.29. The summed E-state index contributed by atoms with van der Waals surface area (Å²) in [5, 5.41) is 4.51. The lowest BCUT2D eigenvalue weighted by molar-refractivity contribution is 0.394. The third-order valence-electron chi connectivity index (χ3n) is 3.56. The zero-order valence-corrected chi connectivity index (χ0v) is 12.9. The molecular formula is C18H18N2O2. The molecule has 0 amide bonds. The van der Waals surface area contributed by atoms with Gasteiger partial charge in [-0.1, -0.05) is 29.8 Å². The van der Waals surface area contributed by atoms with E-state index in [2.05, 4.69) is 36.3 Å². The first-order chi connectivity index (χ1) is 10.7. The minimum atomic E-state index is 0.589. The molecule has 0 aliphatic rings. The van der Waals surface area contributed by atoms with Crippen LogP contribution in [0.15, 0.2) is 54.6 Å². The SMILES string of the molecule is COc1ccc(-n2nc(OC)cc2-c2ccc(C)cc2)cc1. The lowest BCUT2D eigenvalue weighted by Gasteiger charge is -2.08. The molecule has 112 valence electrons. The minimum absolute atomic E-state index is 0.589. The van der Waals surface area contributed by atoms with Gasteiger partial charge in [-0.2, -0.15) is 0 Å². The average Bonchev–Trinajstić information content (AvgIpc) is 3.00. The van der Waals surface area contributed by atoms with Crippen LogP contribution in [0.1, 0.15) is 5.56 Å². The number of hydrogen-bond donors (Lipinski definition) is 0. The van der Waals surface area contributed by atoms with Crippen molar-refractivity contribution in [2.24, 2.45) is 0 Å². The van der Waals surface area contributed by atoms with E-state index < -0.39 is 0 Å². The van der Waals surface area contributed by atoms with Crippen LogP contribution in [0.25, 0.3) is 16.9 Å². The highest BCUT2D eigenvalue weighted by atomic mass is 16.5. The minimum Gasteiger partial charge on any atom is -0.497 e. The Bertz CT molecular complexity index is 759. The van der Waals surface area contributed by atoms with E-state index in [9.17, 15) is 0 Å². The van der Waals surface area contributed by atoms with Gasteiger partial charge in [0.15, 0.2) is 0 Å². The van der Waals surface area contributed by atoms with E-state index >= 15 is 0 Å². The highest BCUT2D eigenvalue weighted by molar-refractivity contribution is 5.64. The van der Waals surface area contributed by atoms with Gasteiger partial charge in [0.1, 0.15) is 5.75 Å². The second-order valence-corrected chi connectivity index (χ2v) is 5.05. The van der Waals surface area contributed by atoms with Gasteiger partial charge in [0.05, 0.1) is 25.6 Å². The molecule has 3 rings (SSSR count). The summed E-state index contributed by atoms with van der Waals surface area (Å²) in [5.41, 5.74) is 4.27. The Morgan fingerprint density at radius 2 is 1.55 bits per heavy atom. The van der Waals surface area contributed by atoms with Gasteiger partial charge in [0, 0.05) is 11.6 Å². The van der Waals surface area contributed by atoms with Gasteiger partial charge >= 0.3 is 0 Å². The molecule has 22 heavy (non-hydrogen) atoms. The van der Waals surface area contributed by atoms with Gasteiger partial charge in [-0.3, -0.25) is 0 Å². The molecule has 1 aromatic heterocycles. The highest BCUT2D eigenvalue weighted by Gasteiger charge is 2.12.